The van der Waals surface area contributed by atoms with E-state index < -0.39 is 6.17 Å². The quantitative estimate of drug-likeness (QED) is 0.817. The molecule has 1 N–H and O–H groups in total. The first-order valence-corrected chi connectivity index (χ1v) is 6.02. The summed E-state index contributed by atoms with van der Waals surface area (Å²) in [5, 5.41) is 8.61. The van der Waals surface area contributed by atoms with Gasteiger partial charge in [-0.3, -0.25) is 5.10 Å². The van der Waals surface area contributed by atoms with E-state index in [0.717, 1.165) is 30.8 Å². The first kappa shape index (κ1) is 9.45. The second-order valence-corrected chi connectivity index (χ2v) is 5.43. The molecule has 1 aliphatic heterocycles. The number of H-pyrrole nitrogens is 1. The number of anilines is 1. The van der Waals surface area contributed by atoms with Crippen LogP contribution >= 0.6 is 0 Å². The Labute approximate surface area is 98.6 Å². The first-order chi connectivity index (χ1) is 8.20. The number of nitrogens with one attached hydrogen (secondary N) is 1. The summed E-state index contributed by atoms with van der Waals surface area (Å²) in [4.78, 5) is 2.19. The fourth-order valence-corrected chi connectivity index (χ4v) is 2.94. The Morgan fingerprint density at radius 3 is 2.94 bits per heavy atom. The number of rotatable bonds is 1. The highest BCUT2D eigenvalue weighted by atomic mass is 19.1. The number of alkyl halides is 1. The van der Waals surface area contributed by atoms with Gasteiger partial charge in [0, 0.05) is 23.9 Å². The number of hydrogen-bond acceptors (Lipinski definition) is 2. The molecule has 0 radical (unpaired) electrons. The molecule has 1 atom stereocenters. The van der Waals surface area contributed by atoms with Crippen molar-refractivity contribution in [3.8, 4) is 0 Å². The molecule has 88 valence electrons. The fraction of sp³-hybridized carbons (Fsp3) is 0.462. The minimum atomic E-state index is -0.579. The van der Waals surface area contributed by atoms with E-state index in [2.05, 4.69) is 28.1 Å². The van der Waals surface area contributed by atoms with E-state index in [1.54, 1.807) is 0 Å². The van der Waals surface area contributed by atoms with E-state index in [9.17, 15) is 4.39 Å². The summed E-state index contributed by atoms with van der Waals surface area (Å²) < 4.78 is 13.2. The molecule has 1 aliphatic carbocycles. The molecule has 2 fully saturated rings. The smallest absolute Gasteiger partial charge is 0.158 e. The minimum Gasteiger partial charge on any atom is -0.353 e. The lowest BCUT2D eigenvalue weighted by atomic mass is 9.96. The van der Waals surface area contributed by atoms with Crippen LogP contribution in [0.1, 0.15) is 12.0 Å². The van der Waals surface area contributed by atoms with Crippen LogP contribution < -0.4 is 4.90 Å². The summed E-state index contributed by atoms with van der Waals surface area (Å²) in [6.07, 6.45) is 0.162. The molecule has 0 bridgehead atoms. The number of aromatic nitrogens is 2. The van der Waals surface area contributed by atoms with Gasteiger partial charge in [0.15, 0.2) is 5.82 Å². The Bertz CT molecular complexity index is 598. The van der Waals surface area contributed by atoms with Crippen LogP contribution in [0, 0.1) is 12.3 Å². The van der Waals surface area contributed by atoms with Gasteiger partial charge in [-0.15, -0.1) is 0 Å². The lowest BCUT2D eigenvalue weighted by Crippen LogP contribution is -2.50. The molecule has 17 heavy (non-hydrogen) atoms. The van der Waals surface area contributed by atoms with Crippen molar-refractivity contribution >= 4 is 16.7 Å². The summed E-state index contributed by atoms with van der Waals surface area (Å²) in [6, 6.07) is 6.14. The Morgan fingerprint density at radius 1 is 1.47 bits per heavy atom. The monoisotopic (exact) mass is 231 g/mol. The van der Waals surface area contributed by atoms with Gasteiger partial charge in [-0.25, -0.2) is 4.39 Å². The van der Waals surface area contributed by atoms with Crippen LogP contribution in [0.15, 0.2) is 18.2 Å². The van der Waals surface area contributed by atoms with Gasteiger partial charge >= 0.3 is 0 Å². The highest BCUT2D eigenvalue weighted by Gasteiger charge is 2.63. The Hall–Kier alpha value is -1.58. The normalized spacial score (nSPS) is 25.3. The molecule has 1 saturated heterocycles. The summed E-state index contributed by atoms with van der Waals surface area (Å²) in [7, 11) is 0. The molecule has 4 heteroatoms. The number of aromatic amines is 1. The van der Waals surface area contributed by atoms with E-state index >= 15 is 0 Å². The van der Waals surface area contributed by atoms with Gasteiger partial charge in [-0.2, -0.15) is 5.10 Å². The third kappa shape index (κ3) is 1.13. The number of nitrogens with zero attached hydrogens (tertiary/aromatic N) is 2. The summed E-state index contributed by atoms with van der Waals surface area (Å²) in [6.45, 7) is 3.73. The van der Waals surface area contributed by atoms with E-state index in [4.69, 9.17) is 0 Å². The third-order valence-electron chi connectivity index (χ3n) is 4.18. The van der Waals surface area contributed by atoms with Crippen molar-refractivity contribution in [3.05, 3.63) is 23.8 Å². The average molecular weight is 231 g/mol. The molecular weight excluding hydrogens is 217 g/mol. The fourth-order valence-electron chi connectivity index (χ4n) is 2.94. The summed E-state index contributed by atoms with van der Waals surface area (Å²) >= 11 is 0. The molecule has 1 aromatic heterocycles. The Kier molecular flexibility index (Phi) is 1.56. The van der Waals surface area contributed by atoms with E-state index in [-0.39, 0.29) is 5.41 Å². The van der Waals surface area contributed by atoms with Crippen LogP contribution in [-0.2, 0) is 0 Å². The van der Waals surface area contributed by atoms with Crippen molar-refractivity contribution in [2.45, 2.75) is 19.5 Å². The third-order valence-corrected chi connectivity index (χ3v) is 4.18. The molecule has 2 heterocycles. The largest absolute Gasteiger partial charge is 0.353 e. The first-order valence-electron chi connectivity index (χ1n) is 6.02. The van der Waals surface area contributed by atoms with Crippen molar-refractivity contribution in [1.29, 1.82) is 0 Å². The Morgan fingerprint density at radius 2 is 2.24 bits per heavy atom. The maximum atomic E-state index is 13.2. The highest BCUT2D eigenvalue weighted by molar-refractivity contribution is 5.93. The minimum absolute atomic E-state index is 0.0199. The summed E-state index contributed by atoms with van der Waals surface area (Å²) in [5.41, 5.74) is 2.27. The maximum Gasteiger partial charge on any atom is 0.158 e. The van der Waals surface area contributed by atoms with Crippen LogP contribution in [0.2, 0.25) is 0 Å². The zero-order valence-electron chi connectivity index (χ0n) is 9.70. The number of aryl methyl sites for hydroxylation is 1. The lowest BCUT2D eigenvalue weighted by molar-refractivity contribution is 0.296. The topological polar surface area (TPSA) is 31.9 Å². The lowest BCUT2D eigenvalue weighted by Gasteiger charge is -2.40. The van der Waals surface area contributed by atoms with Gasteiger partial charge in [-0.1, -0.05) is 12.1 Å². The van der Waals surface area contributed by atoms with E-state index in [0.29, 0.717) is 0 Å². The van der Waals surface area contributed by atoms with Gasteiger partial charge in [-0.05, 0) is 25.0 Å². The van der Waals surface area contributed by atoms with Crippen molar-refractivity contribution in [2.75, 3.05) is 18.0 Å². The SMILES string of the molecule is Cc1cccc2[nH]nc(N3CC4(CC4F)C3)c12. The zero-order chi connectivity index (χ0) is 11.6. The average Bonchev–Trinajstić information content (AvgIpc) is 2.75. The molecule has 1 unspecified atom stereocenters. The Balaban J connectivity index is 1.73. The number of fused-ring (bicyclic) bond motifs is 1. The number of halogens is 1. The van der Waals surface area contributed by atoms with Crippen LogP contribution in [-0.4, -0.2) is 29.5 Å². The predicted octanol–water partition coefficient (Wildman–Crippen LogP) is 2.42. The summed E-state index contributed by atoms with van der Waals surface area (Å²) in [5.74, 6) is 0.989. The predicted molar refractivity (Wildman–Crippen MR) is 65.0 cm³/mol. The maximum absolute atomic E-state index is 13.2. The molecule has 2 aliphatic rings. The van der Waals surface area contributed by atoms with Crippen molar-refractivity contribution in [2.24, 2.45) is 5.41 Å². The molecular formula is C13H14FN3. The van der Waals surface area contributed by atoms with Gasteiger partial charge in [0.25, 0.3) is 0 Å². The van der Waals surface area contributed by atoms with Crippen LogP contribution in [0.5, 0.6) is 0 Å². The van der Waals surface area contributed by atoms with Crippen LogP contribution in [0.25, 0.3) is 10.9 Å². The molecule has 4 rings (SSSR count). The van der Waals surface area contributed by atoms with Crippen LogP contribution in [0.3, 0.4) is 0 Å². The molecule has 1 aromatic carbocycles. The molecule has 1 saturated carbocycles. The van der Waals surface area contributed by atoms with Crippen molar-refractivity contribution in [1.82, 2.24) is 10.2 Å². The molecule has 2 aromatic rings. The number of hydrogen-bond donors (Lipinski definition) is 1. The van der Waals surface area contributed by atoms with Crippen LogP contribution in [0.4, 0.5) is 10.2 Å². The molecule has 3 nitrogen and oxygen atoms in total. The van der Waals surface area contributed by atoms with E-state index in [1.165, 1.54) is 10.9 Å². The molecule has 1 spiro atoms. The number of benzene rings is 1. The zero-order valence-corrected chi connectivity index (χ0v) is 9.70. The second-order valence-electron chi connectivity index (χ2n) is 5.43. The van der Waals surface area contributed by atoms with Crippen molar-refractivity contribution in [3.63, 3.8) is 0 Å². The highest BCUT2D eigenvalue weighted by Crippen LogP contribution is 2.56. The van der Waals surface area contributed by atoms with Crippen molar-refractivity contribution < 1.29 is 4.39 Å². The van der Waals surface area contributed by atoms with E-state index in [1.807, 2.05) is 12.1 Å². The second kappa shape index (κ2) is 2.81. The van der Waals surface area contributed by atoms with Gasteiger partial charge in [0.2, 0.25) is 0 Å². The van der Waals surface area contributed by atoms with Gasteiger partial charge in [0.05, 0.1) is 5.52 Å². The molecule has 0 amide bonds. The van der Waals surface area contributed by atoms with Gasteiger partial charge in [0.1, 0.15) is 6.17 Å². The standard InChI is InChI=1S/C13H14FN3/c1-8-3-2-4-9-11(8)12(16-15-9)17-6-13(7-17)5-10(13)14/h2-4,10H,5-7H2,1H3,(H,15,16). The van der Waals surface area contributed by atoms with Gasteiger partial charge < -0.3 is 4.90 Å².